The van der Waals surface area contributed by atoms with Crippen LogP contribution < -0.4 is 10.6 Å². The van der Waals surface area contributed by atoms with Crippen molar-refractivity contribution in [2.75, 3.05) is 53.0 Å². The number of aliphatic imine (C=N–C) groups is 1. The van der Waals surface area contributed by atoms with Gasteiger partial charge in [-0.25, -0.2) is 0 Å². The van der Waals surface area contributed by atoms with E-state index in [2.05, 4.69) is 74.0 Å². The van der Waals surface area contributed by atoms with Crippen LogP contribution in [0.4, 0.5) is 0 Å². The first-order valence-electron chi connectivity index (χ1n) is 11.4. The normalized spacial score (nSPS) is 17.9. The van der Waals surface area contributed by atoms with E-state index in [0.717, 1.165) is 78.0 Å². The molecular formula is C25H35N5O. The minimum Gasteiger partial charge on any atom is -0.379 e. The summed E-state index contributed by atoms with van der Waals surface area (Å²) in [4.78, 5) is 9.39. The molecule has 166 valence electrons. The molecule has 0 aromatic heterocycles. The van der Waals surface area contributed by atoms with Crippen molar-refractivity contribution in [3.63, 3.8) is 0 Å². The van der Waals surface area contributed by atoms with Crippen molar-refractivity contribution in [3.8, 4) is 0 Å². The third kappa shape index (κ3) is 6.29. The van der Waals surface area contributed by atoms with Gasteiger partial charge in [0.15, 0.2) is 5.96 Å². The van der Waals surface area contributed by atoms with Gasteiger partial charge in [0.1, 0.15) is 0 Å². The van der Waals surface area contributed by atoms with Gasteiger partial charge in [-0.05, 0) is 28.7 Å². The Morgan fingerprint density at radius 2 is 1.65 bits per heavy atom. The molecule has 0 saturated carbocycles. The third-order valence-electron chi connectivity index (χ3n) is 6.22. The number of guanidine groups is 1. The molecule has 0 unspecified atom stereocenters. The highest BCUT2D eigenvalue weighted by Crippen LogP contribution is 2.17. The lowest BCUT2D eigenvalue weighted by atomic mass is 10.00. The summed E-state index contributed by atoms with van der Waals surface area (Å²) in [5, 5.41) is 6.98. The van der Waals surface area contributed by atoms with Gasteiger partial charge in [0.05, 0.1) is 13.2 Å². The predicted molar refractivity (Wildman–Crippen MR) is 126 cm³/mol. The van der Waals surface area contributed by atoms with Gasteiger partial charge in [0.2, 0.25) is 0 Å². The van der Waals surface area contributed by atoms with E-state index in [1.807, 2.05) is 7.05 Å². The van der Waals surface area contributed by atoms with Crippen LogP contribution in [-0.4, -0.2) is 68.7 Å². The molecule has 2 heterocycles. The Labute approximate surface area is 186 Å². The SMILES string of the molecule is CN=C(NCCN1CCc2ccccc2C1)NCc1ccccc1CN1CCOCC1. The minimum absolute atomic E-state index is 0.775. The van der Waals surface area contributed by atoms with Crippen LogP contribution >= 0.6 is 0 Å². The maximum absolute atomic E-state index is 5.48. The van der Waals surface area contributed by atoms with E-state index in [1.165, 1.54) is 22.3 Å². The Balaban J connectivity index is 1.23. The zero-order chi connectivity index (χ0) is 21.3. The molecule has 0 bridgehead atoms. The quantitative estimate of drug-likeness (QED) is 0.531. The Morgan fingerprint density at radius 1 is 0.903 bits per heavy atom. The van der Waals surface area contributed by atoms with Crippen LogP contribution in [0.25, 0.3) is 0 Å². The van der Waals surface area contributed by atoms with Crippen LogP contribution in [0.2, 0.25) is 0 Å². The molecule has 0 radical (unpaired) electrons. The molecule has 0 amide bonds. The topological polar surface area (TPSA) is 52.1 Å². The number of nitrogens with one attached hydrogen (secondary N) is 2. The van der Waals surface area contributed by atoms with Crippen molar-refractivity contribution in [2.45, 2.75) is 26.1 Å². The van der Waals surface area contributed by atoms with Crippen LogP contribution in [0.1, 0.15) is 22.3 Å². The lowest BCUT2D eigenvalue weighted by molar-refractivity contribution is 0.0341. The number of hydrogen-bond donors (Lipinski definition) is 2. The van der Waals surface area contributed by atoms with Crippen LogP contribution in [-0.2, 0) is 30.8 Å². The fourth-order valence-electron chi connectivity index (χ4n) is 4.36. The summed E-state index contributed by atoms with van der Waals surface area (Å²) in [6.07, 6.45) is 1.14. The van der Waals surface area contributed by atoms with E-state index in [9.17, 15) is 0 Å². The molecule has 0 spiro atoms. The molecule has 2 aliphatic rings. The maximum Gasteiger partial charge on any atom is 0.191 e. The van der Waals surface area contributed by atoms with E-state index in [-0.39, 0.29) is 0 Å². The van der Waals surface area contributed by atoms with Gasteiger partial charge in [-0.15, -0.1) is 0 Å². The molecule has 2 aliphatic heterocycles. The summed E-state index contributed by atoms with van der Waals surface area (Å²) in [5.41, 5.74) is 5.66. The smallest absolute Gasteiger partial charge is 0.191 e. The zero-order valence-electron chi connectivity index (χ0n) is 18.6. The second kappa shape index (κ2) is 11.3. The van der Waals surface area contributed by atoms with Gasteiger partial charge in [-0.3, -0.25) is 14.8 Å². The van der Waals surface area contributed by atoms with Gasteiger partial charge < -0.3 is 15.4 Å². The number of morpholine rings is 1. The lowest BCUT2D eigenvalue weighted by Gasteiger charge is -2.29. The van der Waals surface area contributed by atoms with Gasteiger partial charge >= 0.3 is 0 Å². The average molecular weight is 422 g/mol. The maximum atomic E-state index is 5.48. The van der Waals surface area contributed by atoms with Crippen molar-refractivity contribution in [1.29, 1.82) is 0 Å². The molecule has 6 nitrogen and oxygen atoms in total. The number of benzene rings is 2. The number of nitrogens with zero attached hydrogens (tertiary/aromatic N) is 3. The van der Waals surface area contributed by atoms with Crippen molar-refractivity contribution in [2.24, 2.45) is 4.99 Å². The van der Waals surface area contributed by atoms with Gasteiger partial charge in [-0.1, -0.05) is 48.5 Å². The zero-order valence-corrected chi connectivity index (χ0v) is 18.6. The summed E-state index contributed by atoms with van der Waals surface area (Å²) in [6.45, 7) is 9.50. The fraction of sp³-hybridized carbons (Fsp3) is 0.480. The Kier molecular flexibility index (Phi) is 7.93. The number of ether oxygens (including phenoxy) is 1. The number of rotatable bonds is 7. The van der Waals surface area contributed by atoms with Crippen LogP contribution in [0.15, 0.2) is 53.5 Å². The molecule has 0 atom stereocenters. The fourth-order valence-corrected chi connectivity index (χ4v) is 4.36. The van der Waals surface area contributed by atoms with Crippen LogP contribution in [0.3, 0.4) is 0 Å². The Morgan fingerprint density at radius 3 is 2.45 bits per heavy atom. The second-order valence-corrected chi connectivity index (χ2v) is 8.30. The molecule has 0 aliphatic carbocycles. The molecular weight excluding hydrogens is 386 g/mol. The number of hydrogen-bond acceptors (Lipinski definition) is 4. The molecule has 1 saturated heterocycles. The highest BCUT2D eigenvalue weighted by molar-refractivity contribution is 5.79. The molecule has 1 fully saturated rings. The van der Waals surface area contributed by atoms with Gasteiger partial charge in [0.25, 0.3) is 0 Å². The van der Waals surface area contributed by atoms with Crippen LogP contribution in [0, 0.1) is 0 Å². The molecule has 2 aromatic rings. The summed E-state index contributed by atoms with van der Waals surface area (Å²) >= 11 is 0. The minimum atomic E-state index is 0.775. The molecule has 6 heteroatoms. The summed E-state index contributed by atoms with van der Waals surface area (Å²) in [5.74, 6) is 0.860. The molecule has 31 heavy (non-hydrogen) atoms. The highest BCUT2D eigenvalue weighted by atomic mass is 16.5. The summed E-state index contributed by atoms with van der Waals surface area (Å²) in [6, 6.07) is 17.5. The second-order valence-electron chi connectivity index (χ2n) is 8.30. The average Bonchev–Trinajstić information content (AvgIpc) is 2.82. The first-order chi connectivity index (χ1) is 15.3. The van der Waals surface area contributed by atoms with Crippen molar-refractivity contribution >= 4 is 5.96 Å². The van der Waals surface area contributed by atoms with E-state index < -0.39 is 0 Å². The third-order valence-corrected chi connectivity index (χ3v) is 6.22. The van der Waals surface area contributed by atoms with E-state index in [0.29, 0.717) is 0 Å². The van der Waals surface area contributed by atoms with Gasteiger partial charge in [-0.2, -0.15) is 0 Å². The van der Waals surface area contributed by atoms with Crippen LogP contribution in [0.5, 0.6) is 0 Å². The standard InChI is InChI=1S/C25H35N5O/c1-26-25(27-11-13-29-12-10-21-6-2-4-8-23(21)19-29)28-18-22-7-3-5-9-24(22)20-30-14-16-31-17-15-30/h2-9H,10-20H2,1H3,(H2,26,27,28). The first kappa shape index (κ1) is 21.8. The number of fused-ring (bicyclic) bond motifs is 1. The van der Waals surface area contributed by atoms with Crippen molar-refractivity contribution < 1.29 is 4.74 Å². The lowest BCUT2D eigenvalue weighted by Crippen LogP contribution is -2.42. The van der Waals surface area contributed by atoms with Crippen molar-refractivity contribution in [1.82, 2.24) is 20.4 Å². The highest BCUT2D eigenvalue weighted by Gasteiger charge is 2.15. The largest absolute Gasteiger partial charge is 0.379 e. The summed E-state index contributed by atoms with van der Waals surface area (Å²) in [7, 11) is 1.84. The van der Waals surface area contributed by atoms with Crippen molar-refractivity contribution in [3.05, 3.63) is 70.8 Å². The van der Waals surface area contributed by atoms with E-state index >= 15 is 0 Å². The predicted octanol–water partition coefficient (Wildman–Crippen LogP) is 2.24. The Hall–Kier alpha value is -2.41. The first-order valence-corrected chi connectivity index (χ1v) is 11.4. The molecule has 2 N–H and O–H groups in total. The molecule has 4 rings (SSSR count). The monoisotopic (exact) mass is 421 g/mol. The molecule has 2 aromatic carbocycles. The van der Waals surface area contributed by atoms with E-state index in [4.69, 9.17) is 4.74 Å². The van der Waals surface area contributed by atoms with Gasteiger partial charge in [0, 0.05) is 59.4 Å². The summed E-state index contributed by atoms with van der Waals surface area (Å²) < 4.78 is 5.48. The Bertz CT molecular complexity index is 862. The van der Waals surface area contributed by atoms with E-state index in [1.54, 1.807) is 0 Å².